The second-order valence-electron chi connectivity index (χ2n) is 3.78. The Morgan fingerprint density at radius 2 is 1.82 bits per heavy atom. The average molecular weight is 269 g/mol. The van der Waals surface area contributed by atoms with Crippen molar-refractivity contribution in [2.45, 2.75) is 20.0 Å². The van der Waals surface area contributed by atoms with Crippen LogP contribution < -0.4 is 5.73 Å². The van der Waals surface area contributed by atoms with Crippen LogP contribution in [0.25, 0.3) is 9.40 Å². The van der Waals surface area contributed by atoms with Crippen molar-refractivity contribution in [1.82, 2.24) is 0 Å². The van der Waals surface area contributed by atoms with E-state index < -0.39 is 11.9 Å². The molecule has 0 bridgehead atoms. The number of fused-ring (bicyclic) bond motifs is 1. The van der Waals surface area contributed by atoms with Crippen LogP contribution in [-0.4, -0.2) is 18.0 Å². The molecule has 0 saturated heterocycles. The van der Waals surface area contributed by atoms with Gasteiger partial charge in [0.15, 0.2) is 0 Å². The highest BCUT2D eigenvalue weighted by Gasteiger charge is 2.21. The Hall–Kier alpha value is -1.40. The maximum absolute atomic E-state index is 11.8. The van der Waals surface area contributed by atoms with Crippen LogP contribution in [0.2, 0.25) is 0 Å². The molecule has 0 aliphatic rings. The normalized spacial score (nSPS) is 11.0. The van der Waals surface area contributed by atoms with Gasteiger partial charge in [-0.25, -0.2) is 4.79 Å². The van der Waals surface area contributed by atoms with Gasteiger partial charge in [-0.05, 0) is 13.8 Å². The van der Waals surface area contributed by atoms with Crippen molar-refractivity contribution < 1.29 is 14.3 Å². The zero-order valence-corrected chi connectivity index (χ0v) is 11.0. The summed E-state index contributed by atoms with van der Waals surface area (Å²) >= 11 is 2.83. The largest absolute Gasteiger partial charge is 0.459 e. The average Bonchev–Trinajstić information content (AvgIpc) is 2.73. The molecule has 0 unspecified atom stereocenters. The van der Waals surface area contributed by atoms with Gasteiger partial charge in [-0.1, -0.05) is 0 Å². The molecule has 2 N–H and O–H groups in total. The lowest BCUT2D eigenvalue weighted by molar-refractivity contribution is 0.0381. The van der Waals surface area contributed by atoms with Gasteiger partial charge in [-0.3, -0.25) is 4.79 Å². The summed E-state index contributed by atoms with van der Waals surface area (Å²) in [4.78, 5) is 23.1. The summed E-state index contributed by atoms with van der Waals surface area (Å²) in [5.74, 6) is -0.930. The fraction of sp³-hybridized carbons (Fsp3) is 0.273. The standard InChI is InChI=1S/C11H11NO3S2/c1-5(2)15-10(14)7-4-17-11-8(7)6(3-16-11)9(12)13/h3-5H,1-2H3,(H2,12,13). The number of ether oxygens (including phenoxy) is 1. The number of hydrogen-bond donors (Lipinski definition) is 1. The summed E-state index contributed by atoms with van der Waals surface area (Å²) in [5.41, 5.74) is 6.09. The number of amides is 1. The molecule has 2 aromatic heterocycles. The molecule has 0 fully saturated rings. The first-order valence-corrected chi connectivity index (χ1v) is 6.76. The molecular weight excluding hydrogens is 258 g/mol. The quantitative estimate of drug-likeness (QED) is 0.871. The topological polar surface area (TPSA) is 69.4 Å². The van der Waals surface area contributed by atoms with E-state index in [1.54, 1.807) is 24.6 Å². The molecule has 0 atom stereocenters. The predicted molar refractivity (Wildman–Crippen MR) is 68.8 cm³/mol. The van der Waals surface area contributed by atoms with Crippen molar-refractivity contribution in [2.75, 3.05) is 0 Å². The Morgan fingerprint density at radius 3 is 2.35 bits per heavy atom. The SMILES string of the molecule is CC(C)OC(=O)c1csc2scc(C(N)=O)c12. The molecule has 2 heterocycles. The van der Waals surface area contributed by atoms with Crippen molar-refractivity contribution >= 4 is 43.9 Å². The van der Waals surface area contributed by atoms with Crippen LogP contribution in [0, 0.1) is 0 Å². The maximum Gasteiger partial charge on any atom is 0.339 e. The van der Waals surface area contributed by atoms with Crippen molar-refractivity contribution in [3.63, 3.8) is 0 Å². The third kappa shape index (κ3) is 2.18. The summed E-state index contributed by atoms with van der Waals surface area (Å²) in [7, 11) is 0. The van der Waals surface area contributed by atoms with Crippen LogP contribution in [0.4, 0.5) is 0 Å². The maximum atomic E-state index is 11.8. The number of rotatable bonds is 3. The Morgan fingerprint density at radius 1 is 1.24 bits per heavy atom. The molecule has 17 heavy (non-hydrogen) atoms. The summed E-state index contributed by atoms with van der Waals surface area (Å²) in [6, 6.07) is 0. The lowest BCUT2D eigenvalue weighted by Crippen LogP contribution is -2.13. The number of thiophene rings is 2. The Bertz CT molecular complexity index is 583. The minimum absolute atomic E-state index is 0.187. The molecule has 90 valence electrons. The Labute approximate surface area is 106 Å². The van der Waals surface area contributed by atoms with Crippen LogP contribution in [0.1, 0.15) is 34.6 Å². The van der Waals surface area contributed by atoms with Crippen LogP contribution in [-0.2, 0) is 4.74 Å². The fourth-order valence-electron chi connectivity index (χ4n) is 1.46. The van der Waals surface area contributed by atoms with E-state index in [4.69, 9.17) is 10.5 Å². The molecule has 0 spiro atoms. The van der Waals surface area contributed by atoms with Crippen molar-refractivity contribution in [1.29, 1.82) is 0 Å². The van der Waals surface area contributed by atoms with E-state index in [0.717, 1.165) is 4.01 Å². The second-order valence-corrected chi connectivity index (χ2v) is 5.80. The van der Waals surface area contributed by atoms with Crippen LogP contribution in [0.5, 0.6) is 0 Å². The van der Waals surface area contributed by atoms with E-state index in [0.29, 0.717) is 16.5 Å². The zero-order valence-electron chi connectivity index (χ0n) is 9.35. The number of nitrogens with two attached hydrogens (primary N) is 1. The minimum atomic E-state index is -0.520. The first-order valence-electron chi connectivity index (χ1n) is 5.00. The molecule has 4 nitrogen and oxygen atoms in total. The van der Waals surface area contributed by atoms with E-state index in [9.17, 15) is 9.59 Å². The molecule has 1 amide bonds. The van der Waals surface area contributed by atoms with Gasteiger partial charge in [0.2, 0.25) is 5.91 Å². The molecule has 0 aromatic carbocycles. The van der Waals surface area contributed by atoms with Crippen LogP contribution >= 0.6 is 22.7 Å². The highest BCUT2D eigenvalue weighted by atomic mass is 32.2. The third-order valence-electron chi connectivity index (χ3n) is 2.14. The van der Waals surface area contributed by atoms with Gasteiger partial charge in [0.05, 0.1) is 21.2 Å². The van der Waals surface area contributed by atoms with E-state index in [1.807, 2.05) is 0 Å². The van der Waals surface area contributed by atoms with E-state index >= 15 is 0 Å². The van der Waals surface area contributed by atoms with Gasteiger partial charge in [0.25, 0.3) is 0 Å². The summed E-state index contributed by atoms with van der Waals surface area (Å²) in [5, 5.41) is 4.01. The molecule has 2 aromatic rings. The van der Waals surface area contributed by atoms with Crippen molar-refractivity contribution in [3.8, 4) is 0 Å². The molecule has 0 saturated carbocycles. The summed E-state index contributed by atoms with van der Waals surface area (Å²) in [6.45, 7) is 3.56. The molecule has 0 radical (unpaired) electrons. The van der Waals surface area contributed by atoms with Gasteiger partial charge in [-0.2, -0.15) is 0 Å². The summed E-state index contributed by atoms with van der Waals surface area (Å²) in [6.07, 6.45) is -0.187. The van der Waals surface area contributed by atoms with Gasteiger partial charge < -0.3 is 10.5 Å². The van der Waals surface area contributed by atoms with Crippen molar-refractivity contribution in [3.05, 3.63) is 21.9 Å². The molecular formula is C11H11NO3S2. The number of primary amides is 1. The highest BCUT2D eigenvalue weighted by Crippen LogP contribution is 2.34. The van der Waals surface area contributed by atoms with E-state index in [1.165, 1.54) is 22.7 Å². The van der Waals surface area contributed by atoms with E-state index in [2.05, 4.69) is 0 Å². The zero-order chi connectivity index (χ0) is 12.6. The lowest BCUT2D eigenvalue weighted by Gasteiger charge is -2.06. The van der Waals surface area contributed by atoms with E-state index in [-0.39, 0.29) is 6.10 Å². The number of carbonyl (C=O) groups excluding carboxylic acids is 2. The monoisotopic (exact) mass is 269 g/mol. The molecule has 6 heteroatoms. The summed E-state index contributed by atoms with van der Waals surface area (Å²) < 4.78 is 6.04. The first-order chi connectivity index (χ1) is 8.00. The number of carbonyl (C=O) groups is 2. The lowest BCUT2D eigenvalue weighted by atomic mass is 10.1. The smallest absolute Gasteiger partial charge is 0.339 e. The van der Waals surface area contributed by atoms with Gasteiger partial charge in [0, 0.05) is 16.1 Å². The van der Waals surface area contributed by atoms with Crippen LogP contribution in [0.3, 0.4) is 0 Å². The van der Waals surface area contributed by atoms with Crippen molar-refractivity contribution in [2.24, 2.45) is 5.73 Å². The number of hydrogen-bond acceptors (Lipinski definition) is 5. The Balaban J connectivity index is 2.50. The molecule has 0 aliphatic heterocycles. The second kappa shape index (κ2) is 4.46. The fourth-order valence-corrected chi connectivity index (χ4v) is 3.55. The van der Waals surface area contributed by atoms with Gasteiger partial charge >= 0.3 is 5.97 Å². The van der Waals surface area contributed by atoms with Crippen LogP contribution in [0.15, 0.2) is 10.8 Å². The molecule has 2 rings (SSSR count). The Kier molecular flexibility index (Phi) is 3.17. The molecule has 0 aliphatic carbocycles. The predicted octanol–water partition coefficient (Wildman–Crippen LogP) is 2.63. The van der Waals surface area contributed by atoms with Gasteiger partial charge in [-0.15, -0.1) is 22.7 Å². The number of esters is 1. The highest BCUT2D eigenvalue weighted by molar-refractivity contribution is 7.37. The van der Waals surface area contributed by atoms with Gasteiger partial charge in [0.1, 0.15) is 0 Å². The third-order valence-corrected chi connectivity index (χ3v) is 4.26. The minimum Gasteiger partial charge on any atom is -0.459 e. The first kappa shape index (κ1) is 12.1.